The van der Waals surface area contributed by atoms with Gasteiger partial charge in [0.25, 0.3) is 0 Å². The fourth-order valence-electron chi connectivity index (χ4n) is 2.54. The summed E-state index contributed by atoms with van der Waals surface area (Å²) in [5.74, 6) is 0. The van der Waals surface area contributed by atoms with Crippen LogP contribution in [0.2, 0.25) is 0 Å². The Balaban J connectivity index is 1.95. The monoisotopic (exact) mass is 258 g/mol. The van der Waals surface area contributed by atoms with Crippen molar-refractivity contribution in [3.05, 3.63) is 0 Å². The van der Waals surface area contributed by atoms with Gasteiger partial charge in [0.15, 0.2) is 0 Å². The summed E-state index contributed by atoms with van der Waals surface area (Å²) < 4.78 is 23.6. The van der Waals surface area contributed by atoms with E-state index >= 15 is 0 Å². The molecule has 2 fully saturated rings. The van der Waals surface area contributed by atoms with Crippen LogP contribution in [0.15, 0.2) is 0 Å². The molecule has 18 heavy (non-hydrogen) atoms. The highest BCUT2D eigenvalue weighted by atomic mass is 16.6. The SMILES string of the molecule is CC(C)(C)O[C@H]1CO[C@H]2[C@@H]1OC[C@@H]2OC(C)(C)C. The summed E-state index contributed by atoms with van der Waals surface area (Å²) in [6.45, 7) is 13.5. The quantitative estimate of drug-likeness (QED) is 0.760. The predicted octanol–water partition coefficient (Wildman–Crippen LogP) is 2.15. The van der Waals surface area contributed by atoms with Gasteiger partial charge in [0.2, 0.25) is 0 Å². The van der Waals surface area contributed by atoms with Crippen LogP contribution in [0, 0.1) is 0 Å². The molecule has 0 N–H and O–H groups in total. The van der Waals surface area contributed by atoms with Crippen LogP contribution in [0.3, 0.4) is 0 Å². The standard InChI is InChI=1S/C14H26O4/c1-13(2,3)17-9-7-15-12-10(8-16-11(9)12)18-14(4,5)6/h9-12H,7-8H2,1-6H3/t9-,10-,11+,12+/m0/s1. The molecule has 2 heterocycles. The number of hydrogen-bond donors (Lipinski definition) is 0. The molecule has 0 bridgehead atoms. The predicted molar refractivity (Wildman–Crippen MR) is 68.7 cm³/mol. The van der Waals surface area contributed by atoms with Crippen LogP contribution in [-0.4, -0.2) is 48.8 Å². The van der Waals surface area contributed by atoms with Crippen molar-refractivity contribution in [3.63, 3.8) is 0 Å². The average molecular weight is 258 g/mol. The fourth-order valence-corrected chi connectivity index (χ4v) is 2.54. The van der Waals surface area contributed by atoms with E-state index in [4.69, 9.17) is 18.9 Å². The second-order valence-electron chi connectivity index (χ2n) is 7.13. The average Bonchev–Trinajstić information content (AvgIpc) is 2.66. The first kappa shape index (κ1) is 14.3. The zero-order chi connectivity index (χ0) is 13.6. The van der Waals surface area contributed by atoms with Crippen molar-refractivity contribution in [2.24, 2.45) is 0 Å². The third-order valence-electron chi connectivity index (χ3n) is 2.97. The topological polar surface area (TPSA) is 36.9 Å². The number of rotatable bonds is 2. The van der Waals surface area contributed by atoms with Gasteiger partial charge in [-0.1, -0.05) is 0 Å². The molecule has 0 unspecified atom stereocenters. The lowest BCUT2D eigenvalue weighted by Gasteiger charge is -2.27. The van der Waals surface area contributed by atoms with Crippen LogP contribution >= 0.6 is 0 Å². The van der Waals surface area contributed by atoms with Crippen molar-refractivity contribution < 1.29 is 18.9 Å². The van der Waals surface area contributed by atoms with Gasteiger partial charge in [0.1, 0.15) is 24.4 Å². The van der Waals surface area contributed by atoms with Crippen LogP contribution in [-0.2, 0) is 18.9 Å². The molecular formula is C14H26O4. The van der Waals surface area contributed by atoms with Gasteiger partial charge in [0, 0.05) is 0 Å². The highest BCUT2D eigenvalue weighted by molar-refractivity contribution is 4.97. The highest BCUT2D eigenvalue weighted by Crippen LogP contribution is 2.33. The van der Waals surface area contributed by atoms with E-state index in [-0.39, 0.29) is 35.6 Å². The highest BCUT2D eigenvalue weighted by Gasteiger charge is 2.50. The molecule has 0 saturated carbocycles. The van der Waals surface area contributed by atoms with Gasteiger partial charge in [-0.25, -0.2) is 0 Å². The first-order valence-corrected chi connectivity index (χ1v) is 6.74. The second-order valence-corrected chi connectivity index (χ2v) is 7.13. The second kappa shape index (κ2) is 4.75. The third-order valence-corrected chi connectivity index (χ3v) is 2.97. The summed E-state index contributed by atoms with van der Waals surface area (Å²) in [6, 6.07) is 0. The molecule has 0 radical (unpaired) electrons. The molecule has 2 rings (SSSR count). The van der Waals surface area contributed by atoms with E-state index in [1.54, 1.807) is 0 Å². The van der Waals surface area contributed by atoms with E-state index in [0.29, 0.717) is 13.2 Å². The maximum atomic E-state index is 5.99. The molecule has 4 atom stereocenters. The minimum Gasteiger partial charge on any atom is -0.370 e. The summed E-state index contributed by atoms with van der Waals surface area (Å²) in [4.78, 5) is 0. The molecule has 106 valence electrons. The van der Waals surface area contributed by atoms with Crippen LogP contribution in [0.1, 0.15) is 41.5 Å². The summed E-state index contributed by atoms with van der Waals surface area (Å²) in [7, 11) is 0. The van der Waals surface area contributed by atoms with Crippen LogP contribution in [0.25, 0.3) is 0 Å². The maximum Gasteiger partial charge on any atom is 0.115 e. The summed E-state index contributed by atoms with van der Waals surface area (Å²) in [6.07, 6.45) is 0.0558. The molecule has 0 aromatic heterocycles. The van der Waals surface area contributed by atoms with Gasteiger partial charge in [-0.05, 0) is 41.5 Å². The number of hydrogen-bond acceptors (Lipinski definition) is 4. The van der Waals surface area contributed by atoms with Crippen molar-refractivity contribution in [2.45, 2.75) is 77.2 Å². The van der Waals surface area contributed by atoms with Crippen LogP contribution < -0.4 is 0 Å². The van der Waals surface area contributed by atoms with Gasteiger partial charge < -0.3 is 18.9 Å². The molecule has 0 aromatic rings. The normalized spacial score (nSPS) is 37.0. The first-order chi connectivity index (χ1) is 8.16. The van der Waals surface area contributed by atoms with E-state index in [2.05, 4.69) is 41.5 Å². The smallest absolute Gasteiger partial charge is 0.115 e. The lowest BCUT2D eigenvalue weighted by molar-refractivity contribution is -0.117. The van der Waals surface area contributed by atoms with Crippen molar-refractivity contribution in [1.82, 2.24) is 0 Å². The zero-order valence-electron chi connectivity index (χ0n) is 12.4. The molecule has 4 nitrogen and oxygen atoms in total. The van der Waals surface area contributed by atoms with Gasteiger partial charge >= 0.3 is 0 Å². The first-order valence-electron chi connectivity index (χ1n) is 6.74. The summed E-state index contributed by atoms with van der Waals surface area (Å²) >= 11 is 0. The Bertz CT molecular complexity index is 259. The number of ether oxygens (including phenoxy) is 4. The molecule has 0 aliphatic carbocycles. The Morgan fingerprint density at radius 2 is 1.06 bits per heavy atom. The molecule has 2 aliphatic rings. The Kier molecular flexibility index (Phi) is 3.76. The molecule has 0 spiro atoms. The maximum absolute atomic E-state index is 5.99. The Labute approximate surface area is 110 Å². The van der Waals surface area contributed by atoms with E-state index in [0.717, 1.165) is 0 Å². The van der Waals surface area contributed by atoms with Crippen molar-refractivity contribution in [2.75, 3.05) is 13.2 Å². The zero-order valence-corrected chi connectivity index (χ0v) is 12.4. The van der Waals surface area contributed by atoms with E-state index < -0.39 is 0 Å². The van der Waals surface area contributed by atoms with Gasteiger partial charge in [0.05, 0.1) is 24.4 Å². The van der Waals surface area contributed by atoms with Crippen molar-refractivity contribution >= 4 is 0 Å². The minimum atomic E-state index is -0.171. The Morgan fingerprint density at radius 1 is 0.722 bits per heavy atom. The lowest BCUT2D eigenvalue weighted by Crippen LogP contribution is -2.39. The third kappa shape index (κ3) is 3.44. The summed E-state index contributed by atoms with van der Waals surface area (Å²) in [5.41, 5.74) is -0.343. The van der Waals surface area contributed by atoms with Crippen LogP contribution in [0.4, 0.5) is 0 Å². The number of fused-ring (bicyclic) bond motifs is 1. The molecule has 4 heteroatoms. The largest absolute Gasteiger partial charge is 0.370 e. The molecule has 0 aromatic carbocycles. The van der Waals surface area contributed by atoms with E-state index in [1.165, 1.54) is 0 Å². The molecule has 2 aliphatic heterocycles. The molecule has 2 saturated heterocycles. The Morgan fingerprint density at radius 3 is 1.33 bits per heavy atom. The van der Waals surface area contributed by atoms with Gasteiger partial charge in [-0.2, -0.15) is 0 Å². The van der Waals surface area contributed by atoms with Crippen molar-refractivity contribution in [1.29, 1.82) is 0 Å². The summed E-state index contributed by atoms with van der Waals surface area (Å²) in [5, 5.41) is 0. The van der Waals surface area contributed by atoms with E-state index in [1.807, 2.05) is 0 Å². The minimum absolute atomic E-state index is 0.0107. The van der Waals surface area contributed by atoms with Crippen molar-refractivity contribution in [3.8, 4) is 0 Å². The Hall–Kier alpha value is -0.160. The van der Waals surface area contributed by atoms with E-state index in [9.17, 15) is 0 Å². The lowest BCUT2D eigenvalue weighted by atomic mass is 10.1. The van der Waals surface area contributed by atoms with Gasteiger partial charge in [-0.15, -0.1) is 0 Å². The molecule has 0 amide bonds. The molecular weight excluding hydrogens is 232 g/mol. The van der Waals surface area contributed by atoms with Gasteiger partial charge in [-0.3, -0.25) is 0 Å². The van der Waals surface area contributed by atoms with Crippen LogP contribution in [0.5, 0.6) is 0 Å². The fraction of sp³-hybridized carbons (Fsp3) is 1.00.